The molecule has 38 heavy (non-hydrogen) atoms. The third-order valence-electron chi connectivity index (χ3n) is 6.45. The summed E-state index contributed by atoms with van der Waals surface area (Å²) in [6.45, 7) is 9.50. The van der Waals surface area contributed by atoms with Crippen molar-refractivity contribution in [2.24, 2.45) is 5.92 Å². The highest BCUT2D eigenvalue weighted by atomic mass is 32.2. The van der Waals surface area contributed by atoms with Crippen LogP contribution in [0.3, 0.4) is 0 Å². The maximum atomic E-state index is 13.3. The minimum Gasteiger partial charge on any atom is -0.357 e. The molecular weight excluding hydrogens is 504 g/mol. The number of carbonyl (C=O) groups is 2. The normalized spacial score (nSPS) is 12.3. The zero-order valence-corrected chi connectivity index (χ0v) is 23.6. The van der Waals surface area contributed by atoms with Crippen molar-refractivity contribution < 1.29 is 22.5 Å². The Morgan fingerprint density at radius 3 is 2.26 bits per heavy atom. The number of aromatic nitrogens is 1. The molecule has 0 aliphatic heterocycles. The summed E-state index contributed by atoms with van der Waals surface area (Å²) < 4.78 is 34.2. The topological polar surface area (TPSA) is 122 Å². The summed E-state index contributed by atoms with van der Waals surface area (Å²) in [5.74, 6) is -0.277. The molecule has 0 saturated heterocycles. The number of hydrogen-bond donors (Lipinski definition) is 2. The third-order valence-corrected chi connectivity index (χ3v) is 7.83. The molecule has 204 valence electrons. The summed E-state index contributed by atoms with van der Waals surface area (Å²) in [7, 11) is -2.39. The summed E-state index contributed by atoms with van der Waals surface area (Å²) in [5.41, 5.74) is 3.27. The van der Waals surface area contributed by atoms with Gasteiger partial charge in [0.15, 0.2) is 0 Å². The van der Waals surface area contributed by atoms with Crippen molar-refractivity contribution in [3.05, 3.63) is 65.4 Å². The average molecular weight is 541 g/mol. The van der Waals surface area contributed by atoms with Gasteiger partial charge in [0.25, 0.3) is 10.0 Å². The molecule has 0 saturated carbocycles. The molecule has 1 unspecified atom stereocenters. The van der Waals surface area contributed by atoms with Gasteiger partial charge in [-0.25, -0.2) is 13.1 Å². The lowest BCUT2D eigenvalue weighted by atomic mass is 9.99. The Morgan fingerprint density at radius 1 is 1.05 bits per heavy atom. The second-order valence-electron chi connectivity index (χ2n) is 9.60. The van der Waals surface area contributed by atoms with E-state index in [0.29, 0.717) is 35.2 Å². The highest BCUT2D eigenvalue weighted by Crippen LogP contribution is 2.30. The number of likely N-dealkylation sites (N-methyl/N-ethyl adjacent to an activating group) is 1. The molecule has 0 radical (unpaired) electrons. The zero-order chi connectivity index (χ0) is 28.0. The van der Waals surface area contributed by atoms with Crippen LogP contribution in [0.5, 0.6) is 0 Å². The van der Waals surface area contributed by atoms with E-state index in [-0.39, 0.29) is 35.1 Å². The predicted octanol–water partition coefficient (Wildman–Crippen LogP) is 4.66. The van der Waals surface area contributed by atoms with Gasteiger partial charge in [0.2, 0.25) is 17.7 Å². The zero-order valence-electron chi connectivity index (χ0n) is 22.7. The summed E-state index contributed by atoms with van der Waals surface area (Å²) in [6.07, 6.45) is 1.03. The first kappa shape index (κ1) is 28.9. The van der Waals surface area contributed by atoms with Gasteiger partial charge in [0.1, 0.15) is 6.04 Å². The summed E-state index contributed by atoms with van der Waals surface area (Å²) in [4.78, 5) is 27.4. The number of nitrogens with zero attached hydrogens (tertiary/aromatic N) is 2. The quantitative estimate of drug-likeness (QED) is 0.365. The molecule has 2 N–H and O–H groups in total. The molecule has 1 atom stereocenters. The van der Waals surface area contributed by atoms with Crippen LogP contribution < -0.4 is 10.0 Å². The van der Waals surface area contributed by atoms with E-state index in [1.54, 1.807) is 44.0 Å². The number of aryl methyl sites for hydroxylation is 1. The van der Waals surface area contributed by atoms with Crippen molar-refractivity contribution in [3.8, 4) is 11.1 Å². The van der Waals surface area contributed by atoms with Crippen molar-refractivity contribution in [3.63, 3.8) is 0 Å². The van der Waals surface area contributed by atoms with Gasteiger partial charge in [-0.3, -0.25) is 9.59 Å². The number of anilines is 1. The Morgan fingerprint density at radius 2 is 1.71 bits per heavy atom. The van der Waals surface area contributed by atoms with Gasteiger partial charge in [0, 0.05) is 31.1 Å². The van der Waals surface area contributed by atoms with E-state index in [4.69, 9.17) is 4.52 Å². The molecule has 10 heteroatoms. The van der Waals surface area contributed by atoms with Gasteiger partial charge >= 0.3 is 0 Å². The summed E-state index contributed by atoms with van der Waals surface area (Å²) >= 11 is 0. The molecule has 2 amide bonds. The molecule has 1 aromatic heterocycles. The smallest absolute Gasteiger partial charge is 0.264 e. The van der Waals surface area contributed by atoms with E-state index in [1.165, 1.54) is 6.07 Å². The molecule has 3 aromatic rings. The van der Waals surface area contributed by atoms with Crippen molar-refractivity contribution in [2.45, 2.75) is 64.9 Å². The van der Waals surface area contributed by atoms with Crippen LogP contribution in [0.15, 0.2) is 57.9 Å². The molecule has 0 bridgehead atoms. The lowest BCUT2D eigenvalue weighted by Gasteiger charge is -2.33. The first-order chi connectivity index (χ1) is 18.0. The number of hydrogen-bond acceptors (Lipinski definition) is 6. The second-order valence-corrected chi connectivity index (χ2v) is 11.2. The van der Waals surface area contributed by atoms with E-state index in [9.17, 15) is 18.0 Å². The summed E-state index contributed by atoms with van der Waals surface area (Å²) in [6, 6.07) is 13.4. The Labute approximate surface area is 224 Å². The van der Waals surface area contributed by atoms with Crippen LogP contribution in [0.2, 0.25) is 0 Å². The molecule has 0 aliphatic rings. The Kier molecular flexibility index (Phi) is 9.32. The van der Waals surface area contributed by atoms with Crippen LogP contribution >= 0.6 is 0 Å². The number of benzene rings is 2. The first-order valence-electron chi connectivity index (χ1n) is 12.6. The number of amides is 2. The number of nitrogens with one attached hydrogen (secondary N) is 2. The average Bonchev–Trinajstić information content (AvgIpc) is 3.20. The predicted molar refractivity (Wildman–Crippen MR) is 147 cm³/mol. The largest absolute Gasteiger partial charge is 0.357 e. The van der Waals surface area contributed by atoms with Crippen LogP contribution in [0.4, 0.5) is 5.88 Å². The fourth-order valence-corrected chi connectivity index (χ4v) is 5.54. The van der Waals surface area contributed by atoms with Gasteiger partial charge in [-0.15, -0.1) is 0 Å². The molecule has 0 fully saturated rings. The molecule has 1 heterocycles. The van der Waals surface area contributed by atoms with E-state index in [0.717, 1.165) is 5.56 Å². The molecule has 0 aliphatic carbocycles. The van der Waals surface area contributed by atoms with Crippen LogP contribution in [0.1, 0.15) is 50.4 Å². The highest BCUT2D eigenvalue weighted by molar-refractivity contribution is 7.92. The van der Waals surface area contributed by atoms with Gasteiger partial charge in [-0.2, -0.15) is 0 Å². The molecule has 2 aromatic carbocycles. The number of sulfonamides is 1. The van der Waals surface area contributed by atoms with Crippen molar-refractivity contribution >= 4 is 27.7 Å². The maximum Gasteiger partial charge on any atom is 0.264 e. The molecule has 9 nitrogen and oxygen atoms in total. The van der Waals surface area contributed by atoms with Crippen LogP contribution in [-0.2, 0) is 26.2 Å². The van der Waals surface area contributed by atoms with Crippen molar-refractivity contribution in [1.29, 1.82) is 0 Å². The minimum absolute atomic E-state index is 0.0728. The second kappa shape index (κ2) is 12.3. The molecule has 0 spiro atoms. The fourth-order valence-electron chi connectivity index (χ4n) is 4.26. The third kappa shape index (κ3) is 6.42. The Balaban J connectivity index is 1.92. The van der Waals surface area contributed by atoms with Gasteiger partial charge in [0.05, 0.1) is 10.6 Å². The summed E-state index contributed by atoms with van der Waals surface area (Å²) in [5, 5.41) is 6.49. The van der Waals surface area contributed by atoms with Crippen LogP contribution in [-0.4, -0.2) is 43.4 Å². The van der Waals surface area contributed by atoms with Crippen LogP contribution in [0, 0.1) is 19.8 Å². The molecular formula is C28H36N4O5S. The monoisotopic (exact) mass is 540 g/mol. The standard InChI is InChI=1S/C28H36N4O5S/c1-7-10-25(33)32(26(18(2)3)27(34)29-6)17-21-13-15-22(16-14-21)23-11-8-9-12-24(23)38(35,36)31-28-19(4)20(5)30-37-28/h8-9,11-16,18,26,31H,7,10,17H2,1-6H3,(H,29,34). The van der Waals surface area contributed by atoms with Crippen LogP contribution in [0.25, 0.3) is 11.1 Å². The lowest BCUT2D eigenvalue weighted by Crippen LogP contribution is -2.51. The highest BCUT2D eigenvalue weighted by Gasteiger charge is 2.31. The SMILES string of the molecule is CCCC(=O)N(Cc1ccc(-c2ccccc2S(=O)(=O)Nc2onc(C)c2C)cc1)C(C(=O)NC)C(C)C. The minimum atomic E-state index is -3.96. The molecule has 3 rings (SSSR count). The van der Waals surface area contributed by atoms with E-state index >= 15 is 0 Å². The van der Waals surface area contributed by atoms with E-state index < -0.39 is 16.1 Å². The Bertz CT molecular complexity index is 1380. The Hall–Kier alpha value is -3.66. The van der Waals surface area contributed by atoms with E-state index in [2.05, 4.69) is 15.2 Å². The fraction of sp³-hybridized carbons (Fsp3) is 0.393. The van der Waals surface area contributed by atoms with Gasteiger partial charge in [-0.05, 0) is 43.4 Å². The van der Waals surface area contributed by atoms with Gasteiger partial charge < -0.3 is 14.7 Å². The van der Waals surface area contributed by atoms with Crippen molar-refractivity contribution in [2.75, 3.05) is 11.8 Å². The number of rotatable bonds is 11. The van der Waals surface area contributed by atoms with Crippen molar-refractivity contribution in [1.82, 2.24) is 15.4 Å². The number of carbonyl (C=O) groups excluding carboxylic acids is 2. The van der Waals surface area contributed by atoms with E-state index in [1.807, 2.05) is 45.0 Å². The van der Waals surface area contributed by atoms with Gasteiger partial charge in [-0.1, -0.05) is 68.4 Å². The first-order valence-corrected chi connectivity index (χ1v) is 14.1. The maximum absolute atomic E-state index is 13.3. The lowest BCUT2D eigenvalue weighted by molar-refractivity contribution is -0.142.